The highest BCUT2D eigenvalue weighted by atomic mass is 32.2. The average molecular weight is 537 g/mol. The van der Waals surface area contributed by atoms with Crippen molar-refractivity contribution in [2.75, 3.05) is 12.0 Å². The molecule has 0 spiro atoms. The zero-order valence-corrected chi connectivity index (χ0v) is 21.7. The lowest BCUT2D eigenvalue weighted by molar-refractivity contribution is -0.384. The highest BCUT2D eigenvalue weighted by molar-refractivity contribution is 7.99. The number of amides is 1. The number of H-pyrrole nitrogens is 1. The van der Waals surface area contributed by atoms with E-state index in [1.54, 1.807) is 18.2 Å². The summed E-state index contributed by atoms with van der Waals surface area (Å²) in [6.45, 7) is 1.95. The van der Waals surface area contributed by atoms with Crippen molar-refractivity contribution in [1.82, 2.24) is 15.3 Å². The molecule has 0 aliphatic rings. The third kappa shape index (κ3) is 6.12. The number of hydrogen-bond donors (Lipinski definition) is 3. The summed E-state index contributed by atoms with van der Waals surface area (Å²) < 4.78 is 0. The number of fused-ring (bicyclic) bond motifs is 1. The summed E-state index contributed by atoms with van der Waals surface area (Å²) in [6, 6.07) is 16.4. The lowest BCUT2D eigenvalue weighted by Gasteiger charge is -2.17. The Labute approximate surface area is 221 Å². The van der Waals surface area contributed by atoms with Crippen molar-refractivity contribution in [1.29, 1.82) is 0 Å². The number of imidazole rings is 1. The van der Waals surface area contributed by atoms with E-state index in [2.05, 4.69) is 15.3 Å². The fraction of sp³-hybridized carbons (Fsp3) is 0.192. The van der Waals surface area contributed by atoms with E-state index in [0.29, 0.717) is 39.5 Å². The number of carboxylic acids is 1. The molecule has 1 aromatic heterocycles. The second-order valence-corrected chi connectivity index (χ2v) is 10.3. The molecule has 11 heteroatoms. The second-order valence-electron chi connectivity index (χ2n) is 8.27. The highest BCUT2D eigenvalue weighted by Gasteiger charge is 2.23. The molecule has 9 nitrogen and oxygen atoms in total. The number of carboxylic acid groups (broad SMARTS) is 1. The van der Waals surface area contributed by atoms with Crippen molar-refractivity contribution < 1.29 is 19.6 Å². The molecule has 0 saturated heterocycles. The first kappa shape index (κ1) is 26.2. The summed E-state index contributed by atoms with van der Waals surface area (Å²) in [6.07, 6.45) is 2.21. The van der Waals surface area contributed by atoms with Crippen LogP contribution in [0.15, 0.2) is 70.7 Å². The molecule has 0 aliphatic carbocycles. The molecule has 3 N–H and O–H groups in total. The molecular formula is C26H24N4O5S2. The standard InChI is InChI=1S/C26H24N4O5S2/c1-15-5-3-4-6-18(15)20-14-17(8-9-19(20)24(31)27-22(25(32)33)11-12-36-2)37-26-28-21-10-7-16(30(34)35)13-23(21)29-26/h3-10,13-14,22H,11-12H2,1-2H3,(H,27,31)(H,28,29)(H,32,33)/t22-/m0/s1. The number of nitro benzene ring substituents is 1. The molecule has 4 aromatic rings. The van der Waals surface area contributed by atoms with Crippen LogP contribution >= 0.6 is 23.5 Å². The van der Waals surface area contributed by atoms with Gasteiger partial charge in [-0.2, -0.15) is 11.8 Å². The van der Waals surface area contributed by atoms with E-state index in [9.17, 15) is 24.8 Å². The van der Waals surface area contributed by atoms with Gasteiger partial charge in [-0.15, -0.1) is 0 Å². The minimum absolute atomic E-state index is 0.0371. The Bertz CT molecular complexity index is 1490. The van der Waals surface area contributed by atoms with Gasteiger partial charge in [0.15, 0.2) is 5.16 Å². The molecule has 1 atom stereocenters. The molecule has 3 aromatic carbocycles. The van der Waals surface area contributed by atoms with Crippen LogP contribution < -0.4 is 5.32 Å². The number of nitrogens with zero attached hydrogens (tertiary/aromatic N) is 2. The summed E-state index contributed by atoms with van der Waals surface area (Å²) in [5.41, 5.74) is 3.98. The number of hydrogen-bond acceptors (Lipinski definition) is 7. The van der Waals surface area contributed by atoms with E-state index in [-0.39, 0.29) is 5.69 Å². The fourth-order valence-corrected chi connectivity index (χ4v) is 5.17. The Kier molecular flexibility index (Phi) is 8.14. The molecule has 37 heavy (non-hydrogen) atoms. The monoisotopic (exact) mass is 536 g/mol. The van der Waals surface area contributed by atoms with Crippen LogP contribution in [0.2, 0.25) is 0 Å². The number of benzene rings is 3. The molecule has 0 radical (unpaired) electrons. The number of carbonyl (C=O) groups excluding carboxylic acids is 1. The summed E-state index contributed by atoms with van der Waals surface area (Å²) in [5.74, 6) is -0.922. The van der Waals surface area contributed by atoms with E-state index in [0.717, 1.165) is 16.0 Å². The van der Waals surface area contributed by atoms with Gasteiger partial charge in [-0.3, -0.25) is 14.9 Å². The van der Waals surface area contributed by atoms with Gasteiger partial charge in [0.05, 0.1) is 16.0 Å². The van der Waals surface area contributed by atoms with Gasteiger partial charge in [0.2, 0.25) is 0 Å². The van der Waals surface area contributed by atoms with Crippen molar-refractivity contribution >= 4 is 52.1 Å². The third-order valence-electron chi connectivity index (χ3n) is 5.76. The van der Waals surface area contributed by atoms with Crippen molar-refractivity contribution in [3.05, 3.63) is 81.9 Å². The lowest BCUT2D eigenvalue weighted by atomic mass is 9.95. The number of nitro groups is 1. The largest absolute Gasteiger partial charge is 0.480 e. The zero-order valence-electron chi connectivity index (χ0n) is 20.1. The van der Waals surface area contributed by atoms with Crippen LogP contribution in [0.5, 0.6) is 0 Å². The van der Waals surface area contributed by atoms with E-state index in [1.807, 2.05) is 43.5 Å². The van der Waals surface area contributed by atoms with Crippen LogP contribution in [0.4, 0.5) is 5.69 Å². The van der Waals surface area contributed by atoms with E-state index in [4.69, 9.17) is 0 Å². The molecule has 1 amide bonds. The first-order valence-electron chi connectivity index (χ1n) is 11.3. The summed E-state index contributed by atoms with van der Waals surface area (Å²) in [7, 11) is 0. The predicted octanol–water partition coefficient (Wildman–Crippen LogP) is 5.53. The van der Waals surface area contributed by atoms with Gasteiger partial charge in [-0.1, -0.05) is 36.0 Å². The molecular weight excluding hydrogens is 512 g/mol. The molecule has 1 heterocycles. The Morgan fingerprint density at radius 3 is 2.62 bits per heavy atom. The van der Waals surface area contributed by atoms with Crippen LogP contribution in [-0.4, -0.2) is 49.9 Å². The van der Waals surface area contributed by atoms with E-state index >= 15 is 0 Å². The Morgan fingerprint density at radius 2 is 1.92 bits per heavy atom. The van der Waals surface area contributed by atoms with Crippen molar-refractivity contribution in [2.45, 2.75) is 29.4 Å². The SMILES string of the molecule is CSCC[C@H](NC(=O)c1ccc(Sc2nc3cc([N+](=O)[O-])ccc3[nH]2)cc1-c1ccccc1C)C(=O)O. The number of thioether (sulfide) groups is 1. The minimum atomic E-state index is -1.07. The molecule has 0 saturated carbocycles. The highest BCUT2D eigenvalue weighted by Crippen LogP contribution is 2.34. The summed E-state index contributed by atoms with van der Waals surface area (Å²) in [4.78, 5) is 44.0. The molecule has 190 valence electrons. The Hall–Kier alpha value is -3.83. The first-order chi connectivity index (χ1) is 17.8. The van der Waals surface area contributed by atoms with Gasteiger partial charge < -0.3 is 15.4 Å². The van der Waals surface area contributed by atoms with Crippen molar-refractivity contribution in [3.63, 3.8) is 0 Å². The van der Waals surface area contributed by atoms with Crippen molar-refractivity contribution in [3.8, 4) is 11.1 Å². The number of aliphatic carboxylic acids is 1. The number of rotatable bonds is 10. The smallest absolute Gasteiger partial charge is 0.326 e. The van der Waals surface area contributed by atoms with Gasteiger partial charge in [0.25, 0.3) is 11.6 Å². The molecule has 4 rings (SSSR count). The number of aromatic amines is 1. The first-order valence-corrected chi connectivity index (χ1v) is 13.5. The van der Waals surface area contributed by atoms with Crippen LogP contribution in [-0.2, 0) is 4.79 Å². The van der Waals surface area contributed by atoms with Crippen molar-refractivity contribution in [2.24, 2.45) is 0 Å². The summed E-state index contributed by atoms with van der Waals surface area (Å²) in [5, 5.41) is 23.9. The van der Waals surface area contributed by atoms with Gasteiger partial charge >= 0.3 is 5.97 Å². The zero-order chi connectivity index (χ0) is 26.5. The second kappa shape index (κ2) is 11.5. The maximum Gasteiger partial charge on any atom is 0.326 e. The summed E-state index contributed by atoms with van der Waals surface area (Å²) >= 11 is 2.85. The number of non-ortho nitro benzene ring substituents is 1. The molecule has 0 fully saturated rings. The average Bonchev–Trinajstić information content (AvgIpc) is 3.28. The molecule has 0 unspecified atom stereocenters. The van der Waals surface area contributed by atoms with Gasteiger partial charge in [0.1, 0.15) is 6.04 Å². The minimum Gasteiger partial charge on any atom is -0.480 e. The molecule has 0 aliphatic heterocycles. The Morgan fingerprint density at radius 1 is 1.14 bits per heavy atom. The number of nitrogens with one attached hydrogen (secondary N) is 2. The normalized spacial score (nSPS) is 11.8. The Balaban J connectivity index is 1.69. The number of aromatic nitrogens is 2. The molecule has 0 bridgehead atoms. The maximum absolute atomic E-state index is 13.2. The van der Waals surface area contributed by atoms with Crippen LogP contribution in [0.3, 0.4) is 0 Å². The van der Waals surface area contributed by atoms with E-state index < -0.39 is 22.8 Å². The fourth-order valence-electron chi connectivity index (χ4n) is 3.86. The number of aryl methyl sites for hydroxylation is 1. The third-order valence-corrected chi connectivity index (χ3v) is 7.28. The van der Waals surface area contributed by atoms with Gasteiger partial charge in [-0.25, -0.2) is 9.78 Å². The lowest BCUT2D eigenvalue weighted by Crippen LogP contribution is -2.41. The van der Waals surface area contributed by atoms with E-state index in [1.165, 1.54) is 35.7 Å². The number of carbonyl (C=O) groups is 2. The van der Waals surface area contributed by atoms with Crippen LogP contribution in [0.25, 0.3) is 22.2 Å². The van der Waals surface area contributed by atoms with Crippen LogP contribution in [0.1, 0.15) is 22.3 Å². The van der Waals surface area contributed by atoms with Gasteiger partial charge in [-0.05, 0) is 66.3 Å². The van der Waals surface area contributed by atoms with Gasteiger partial charge in [0, 0.05) is 22.6 Å². The predicted molar refractivity (Wildman–Crippen MR) is 145 cm³/mol. The van der Waals surface area contributed by atoms with Crippen LogP contribution in [0, 0.1) is 17.0 Å². The quantitative estimate of drug-likeness (QED) is 0.178. The maximum atomic E-state index is 13.2. The topological polar surface area (TPSA) is 138 Å².